The summed E-state index contributed by atoms with van der Waals surface area (Å²) < 4.78 is 0. The van der Waals surface area contributed by atoms with Crippen LogP contribution in [0.25, 0.3) is 0 Å². The smallest absolute Gasteiger partial charge is 0.337 e. The first-order valence-electron chi connectivity index (χ1n) is 7.37. The summed E-state index contributed by atoms with van der Waals surface area (Å²) in [5.41, 5.74) is -0.779. The fraction of sp³-hybridized carbons (Fsp3) is 0.533. The third kappa shape index (κ3) is 3.54. The molecule has 1 fully saturated rings. The van der Waals surface area contributed by atoms with Gasteiger partial charge in [0.2, 0.25) is 0 Å². The van der Waals surface area contributed by atoms with Crippen LogP contribution in [0.1, 0.15) is 58.5 Å². The second-order valence-electron chi connectivity index (χ2n) is 5.52. The number of aromatic carboxylic acids is 1. The number of aliphatic hydroxyl groups is 1. The zero-order chi connectivity index (χ0) is 16.1. The molecule has 7 nitrogen and oxygen atoms in total. The summed E-state index contributed by atoms with van der Waals surface area (Å²) in [6.45, 7) is -0.173. The van der Waals surface area contributed by atoms with Crippen LogP contribution >= 0.6 is 0 Å². The van der Waals surface area contributed by atoms with Crippen LogP contribution in [0.2, 0.25) is 0 Å². The molecule has 1 aliphatic carbocycles. The molecular formula is C15H20N2O5. The van der Waals surface area contributed by atoms with E-state index in [4.69, 9.17) is 5.11 Å². The maximum Gasteiger partial charge on any atom is 0.337 e. The van der Waals surface area contributed by atoms with Crippen molar-refractivity contribution >= 4 is 11.9 Å². The molecule has 0 unspecified atom stereocenters. The van der Waals surface area contributed by atoms with Gasteiger partial charge in [0.15, 0.2) is 11.4 Å². The van der Waals surface area contributed by atoms with E-state index in [0.29, 0.717) is 12.5 Å². The van der Waals surface area contributed by atoms with Crippen molar-refractivity contribution in [3.8, 4) is 5.75 Å². The molecule has 1 amide bonds. The molecule has 22 heavy (non-hydrogen) atoms. The van der Waals surface area contributed by atoms with E-state index >= 15 is 0 Å². The van der Waals surface area contributed by atoms with Crippen molar-refractivity contribution in [2.24, 2.45) is 5.92 Å². The standard InChI is InChI=1S/C15H20N2O5/c18-8-11-10(15(21)22)7-16-12(13(11)19)14(20)17-6-9-4-2-1-3-5-9/h7,9,18-19H,1-6,8H2,(H,17,20)(H,21,22). The highest BCUT2D eigenvalue weighted by molar-refractivity contribution is 5.97. The topological polar surface area (TPSA) is 120 Å². The lowest BCUT2D eigenvalue weighted by atomic mass is 9.89. The molecule has 1 heterocycles. The number of pyridine rings is 1. The number of aromatic hydroxyl groups is 1. The third-order valence-electron chi connectivity index (χ3n) is 4.04. The quantitative estimate of drug-likeness (QED) is 0.650. The Hall–Kier alpha value is -2.15. The second-order valence-corrected chi connectivity index (χ2v) is 5.52. The minimum atomic E-state index is -1.32. The molecule has 120 valence electrons. The summed E-state index contributed by atoms with van der Waals surface area (Å²) in [7, 11) is 0. The van der Waals surface area contributed by atoms with Gasteiger partial charge in [-0.3, -0.25) is 4.79 Å². The van der Waals surface area contributed by atoms with Crippen molar-refractivity contribution in [2.45, 2.75) is 38.7 Å². The van der Waals surface area contributed by atoms with Crippen LogP contribution in [0, 0.1) is 5.92 Å². The largest absolute Gasteiger partial charge is 0.505 e. The molecule has 2 rings (SSSR count). The van der Waals surface area contributed by atoms with Gasteiger partial charge in [0, 0.05) is 18.3 Å². The average molecular weight is 308 g/mol. The molecule has 0 atom stereocenters. The number of hydrogen-bond acceptors (Lipinski definition) is 5. The van der Waals surface area contributed by atoms with Gasteiger partial charge in [0.25, 0.3) is 5.91 Å². The summed E-state index contributed by atoms with van der Waals surface area (Å²) in [5, 5.41) is 30.9. The highest BCUT2D eigenvalue weighted by Gasteiger charge is 2.22. The molecule has 0 saturated heterocycles. The Morgan fingerprint density at radius 2 is 1.95 bits per heavy atom. The number of hydrogen-bond donors (Lipinski definition) is 4. The van der Waals surface area contributed by atoms with Gasteiger partial charge in [-0.05, 0) is 18.8 Å². The van der Waals surface area contributed by atoms with Gasteiger partial charge in [-0.1, -0.05) is 19.3 Å². The molecule has 1 aromatic rings. The average Bonchev–Trinajstić information content (AvgIpc) is 2.53. The van der Waals surface area contributed by atoms with E-state index in [0.717, 1.165) is 31.9 Å². The number of carboxylic acid groups (broad SMARTS) is 1. The third-order valence-corrected chi connectivity index (χ3v) is 4.04. The van der Waals surface area contributed by atoms with Crippen molar-refractivity contribution in [3.05, 3.63) is 23.0 Å². The lowest BCUT2D eigenvalue weighted by molar-refractivity contribution is 0.0690. The summed E-state index contributed by atoms with van der Waals surface area (Å²) >= 11 is 0. The van der Waals surface area contributed by atoms with E-state index in [-0.39, 0.29) is 16.8 Å². The van der Waals surface area contributed by atoms with E-state index in [1.54, 1.807) is 0 Å². The number of amides is 1. The molecule has 7 heteroatoms. The normalized spacial score (nSPS) is 15.5. The zero-order valence-corrected chi connectivity index (χ0v) is 12.2. The van der Waals surface area contributed by atoms with Crippen molar-refractivity contribution < 1.29 is 24.9 Å². The summed E-state index contributed by atoms with van der Waals surface area (Å²) in [5.74, 6) is -2.03. The van der Waals surface area contributed by atoms with E-state index in [2.05, 4.69) is 10.3 Å². The Kier molecular flexibility index (Phi) is 5.32. The van der Waals surface area contributed by atoms with Crippen LogP contribution in [-0.2, 0) is 6.61 Å². The molecule has 0 radical (unpaired) electrons. The second kappa shape index (κ2) is 7.22. The fourth-order valence-corrected chi connectivity index (χ4v) is 2.76. The highest BCUT2D eigenvalue weighted by Crippen LogP contribution is 2.25. The van der Waals surface area contributed by atoms with Crippen LogP contribution in [0.15, 0.2) is 6.20 Å². The van der Waals surface area contributed by atoms with Gasteiger partial charge in [-0.15, -0.1) is 0 Å². The Labute approximate surface area is 128 Å². The highest BCUT2D eigenvalue weighted by atomic mass is 16.4. The lowest BCUT2D eigenvalue weighted by Crippen LogP contribution is -2.31. The monoisotopic (exact) mass is 308 g/mol. The van der Waals surface area contributed by atoms with E-state index < -0.39 is 24.2 Å². The number of aromatic nitrogens is 1. The molecule has 1 aromatic heterocycles. The van der Waals surface area contributed by atoms with Crippen molar-refractivity contribution in [3.63, 3.8) is 0 Å². The number of nitrogens with zero attached hydrogens (tertiary/aromatic N) is 1. The van der Waals surface area contributed by atoms with Crippen LogP contribution in [0.4, 0.5) is 0 Å². The van der Waals surface area contributed by atoms with Gasteiger partial charge in [0.1, 0.15) is 0 Å². The summed E-state index contributed by atoms with van der Waals surface area (Å²) in [4.78, 5) is 26.8. The Morgan fingerprint density at radius 3 is 2.55 bits per heavy atom. The Balaban J connectivity index is 2.10. The fourth-order valence-electron chi connectivity index (χ4n) is 2.76. The molecule has 0 bridgehead atoms. The summed E-state index contributed by atoms with van der Waals surface area (Å²) in [6, 6.07) is 0. The maximum atomic E-state index is 12.1. The first-order chi connectivity index (χ1) is 10.5. The number of carboxylic acids is 1. The SMILES string of the molecule is O=C(O)c1cnc(C(=O)NCC2CCCCC2)c(O)c1CO. The van der Waals surface area contributed by atoms with Gasteiger partial charge < -0.3 is 20.6 Å². The van der Waals surface area contributed by atoms with Crippen LogP contribution in [0.5, 0.6) is 5.75 Å². The first-order valence-corrected chi connectivity index (χ1v) is 7.37. The maximum absolute atomic E-state index is 12.1. The van der Waals surface area contributed by atoms with Gasteiger partial charge in [-0.25, -0.2) is 9.78 Å². The van der Waals surface area contributed by atoms with Crippen LogP contribution < -0.4 is 5.32 Å². The van der Waals surface area contributed by atoms with E-state index in [1.807, 2.05) is 0 Å². The molecule has 1 saturated carbocycles. The van der Waals surface area contributed by atoms with Gasteiger partial charge in [-0.2, -0.15) is 0 Å². The lowest BCUT2D eigenvalue weighted by Gasteiger charge is -2.21. The van der Waals surface area contributed by atoms with Crippen molar-refractivity contribution in [1.29, 1.82) is 0 Å². The van der Waals surface area contributed by atoms with E-state index in [1.165, 1.54) is 6.42 Å². The Bertz CT molecular complexity index is 567. The molecule has 0 aliphatic heterocycles. The summed E-state index contributed by atoms with van der Waals surface area (Å²) in [6.07, 6.45) is 6.66. The number of aliphatic hydroxyl groups excluding tert-OH is 1. The molecule has 0 aromatic carbocycles. The minimum absolute atomic E-state index is 0.203. The zero-order valence-electron chi connectivity index (χ0n) is 12.2. The minimum Gasteiger partial charge on any atom is -0.505 e. The Morgan fingerprint density at radius 1 is 1.27 bits per heavy atom. The molecular weight excluding hydrogens is 288 g/mol. The van der Waals surface area contributed by atoms with E-state index in [9.17, 15) is 19.8 Å². The number of carbonyl (C=O) groups excluding carboxylic acids is 1. The predicted octanol–water partition coefficient (Wildman–Crippen LogP) is 1.29. The predicted molar refractivity (Wildman–Crippen MR) is 77.7 cm³/mol. The van der Waals surface area contributed by atoms with Crippen LogP contribution in [-0.4, -0.2) is 38.7 Å². The first kappa shape index (κ1) is 16.2. The molecule has 1 aliphatic rings. The number of nitrogens with one attached hydrogen (secondary N) is 1. The van der Waals surface area contributed by atoms with Crippen molar-refractivity contribution in [2.75, 3.05) is 6.54 Å². The molecule has 4 N–H and O–H groups in total. The van der Waals surface area contributed by atoms with Crippen molar-refractivity contribution in [1.82, 2.24) is 10.3 Å². The van der Waals surface area contributed by atoms with Gasteiger partial charge >= 0.3 is 5.97 Å². The molecule has 0 spiro atoms. The number of rotatable bonds is 5. The van der Waals surface area contributed by atoms with Crippen LogP contribution in [0.3, 0.4) is 0 Å². The number of carbonyl (C=O) groups is 2. The van der Waals surface area contributed by atoms with Gasteiger partial charge in [0.05, 0.1) is 12.2 Å².